The first-order valence-electron chi connectivity index (χ1n) is 4.23. The van der Waals surface area contributed by atoms with Crippen LogP contribution in [0.5, 0.6) is 0 Å². The van der Waals surface area contributed by atoms with Gasteiger partial charge >= 0.3 is 0 Å². The Morgan fingerprint density at radius 3 is 2.30 bits per heavy atom. The SMILES string of the molecule is CC(C)C1CCC[C@]1(C)F. The van der Waals surface area contributed by atoms with Crippen molar-refractivity contribution in [1.82, 2.24) is 0 Å². The van der Waals surface area contributed by atoms with E-state index in [9.17, 15) is 4.39 Å². The third kappa shape index (κ3) is 1.33. The molecular weight excluding hydrogens is 127 g/mol. The maximum atomic E-state index is 13.5. The van der Waals surface area contributed by atoms with Crippen LogP contribution < -0.4 is 0 Å². The van der Waals surface area contributed by atoms with Crippen LogP contribution >= 0.6 is 0 Å². The van der Waals surface area contributed by atoms with Gasteiger partial charge in [0.2, 0.25) is 0 Å². The van der Waals surface area contributed by atoms with Gasteiger partial charge in [-0.15, -0.1) is 0 Å². The Bertz CT molecular complexity index is 116. The van der Waals surface area contributed by atoms with E-state index in [2.05, 4.69) is 13.8 Å². The van der Waals surface area contributed by atoms with Crippen LogP contribution in [0.25, 0.3) is 0 Å². The lowest BCUT2D eigenvalue weighted by Gasteiger charge is -2.25. The maximum Gasteiger partial charge on any atom is 0.111 e. The Morgan fingerprint density at radius 1 is 1.50 bits per heavy atom. The van der Waals surface area contributed by atoms with E-state index >= 15 is 0 Å². The fourth-order valence-electron chi connectivity index (χ4n) is 2.18. The maximum absolute atomic E-state index is 13.5. The Balaban J connectivity index is 2.59. The van der Waals surface area contributed by atoms with Crippen molar-refractivity contribution < 1.29 is 4.39 Å². The van der Waals surface area contributed by atoms with Gasteiger partial charge in [0.15, 0.2) is 0 Å². The largest absolute Gasteiger partial charge is 0.244 e. The Morgan fingerprint density at radius 2 is 2.10 bits per heavy atom. The highest BCUT2D eigenvalue weighted by Crippen LogP contribution is 2.42. The zero-order valence-electron chi connectivity index (χ0n) is 7.15. The number of hydrogen-bond acceptors (Lipinski definition) is 0. The fourth-order valence-corrected chi connectivity index (χ4v) is 2.18. The van der Waals surface area contributed by atoms with Gasteiger partial charge < -0.3 is 0 Å². The lowest BCUT2D eigenvalue weighted by atomic mass is 9.85. The van der Waals surface area contributed by atoms with Crippen LogP contribution in [0.15, 0.2) is 0 Å². The van der Waals surface area contributed by atoms with Crippen LogP contribution in [0.3, 0.4) is 0 Å². The molecule has 0 saturated heterocycles. The van der Waals surface area contributed by atoms with Crippen molar-refractivity contribution in [1.29, 1.82) is 0 Å². The minimum atomic E-state index is -0.867. The number of halogens is 1. The zero-order chi connectivity index (χ0) is 7.78. The highest BCUT2D eigenvalue weighted by atomic mass is 19.1. The molecule has 0 amide bonds. The van der Waals surface area contributed by atoms with Gasteiger partial charge in [-0.05, 0) is 38.0 Å². The van der Waals surface area contributed by atoms with Crippen molar-refractivity contribution in [3.8, 4) is 0 Å². The molecule has 10 heavy (non-hydrogen) atoms. The molecule has 0 bridgehead atoms. The molecule has 0 aromatic rings. The average molecular weight is 144 g/mol. The van der Waals surface area contributed by atoms with Crippen LogP contribution in [0.2, 0.25) is 0 Å². The summed E-state index contributed by atoms with van der Waals surface area (Å²) in [4.78, 5) is 0. The topological polar surface area (TPSA) is 0 Å². The summed E-state index contributed by atoms with van der Waals surface area (Å²) in [7, 11) is 0. The van der Waals surface area contributed by atoms with Gasteiger partial charge in [-0.1, -0.05) is 13.8 Å². The minimum absolute atomic E-state index is 0.312. The minimum Gasteiger partial charge on any atom is -0.244 e. The molecule has 1 unspecified atom stereocenters. The lowest BCUT2D eigenvalue weighted by Crippen LogP contribution is -2.27. The summed E-state index contributed by atoms with van der Waals surface area (Å²) in [5.41, 5.74) is -0.867. The summed E-state index contributed by atoms with van der Waals surface area (Å²) in [6, 6.07) is 0. The molecule has 1 heteroatoms. The van der Waals surface area contributed by atoms with Gasteiger partial charge in [0.25, 0.3) is 0 Å². The summed E-state index contributed by atoms with van der Waals surface area (Å²) in [5.74, 6) is 0.824. The summed E-state index contributed by atoms with van der Waals surface area (Å²) in [6.07, 6.45) is 2.94. The molecule has 60 valence electrons. The van der Waals surface area contributed by atoms with Crippen LogP contribution in [0.1, 0.15) is 40.0 Å². The molecule has 0 nitrogen and oxygen atoms in total. The first kappa shape index (κ1) is 8.03. The summed E-state index contributed by atoms with van der Waals surface area (Å²) >= 11 is 0. The molecule has 1 rings (SSSR count). The predicted octanol–water partition coefficient (Wildman–Crippen LogP) is 3.17. The summed E-state index contributed by atoms with van der Waals surface area (Å²) < 4.78 is 13.5. The van der Waals surface area contributed by atoms with Crippen molar-refractivity contribution in [2.24, 2.45) is 11.8 Å². The molecule has 1 aliphatic rings. The first-order chi connectivity index (χ1) is 4.54. The van der Waals surface area contributed by atoms with E-state index in [0.29, 0.717) is 11.8 Å². The van der Waals surface area contributed by atoms with Crippen LogP contribution in [0, 0.1) is 11.8 Å². The van der Waals surface area contributed by atoms with Crippen molar-refractivity contribution in [2.45, 2.75) is 45.7 Å². The van der Waals surface area contributed by atoms with Crippen LogP contribution in [0.4, 0.5) is 4.39 Å². The third-order valence-electron chi connectivity index (χ3n) is 2.76. The Hall–Kier alpha value is -0.0700. The molecule has 1 aliphatic carbocycles. The fraction of sp³-hybridized carbons (Fsp3) is 1.00. The normalized spacial score (nSPS) is 41.1. The van der Waals surface area contributed by atoms with Crippen molar-refractivity contribution >= 4 is 0 Å². The molecule has 0 aromatic carbocycles. The van der Waals surface area contributed by atoms with Crippen LogP contribution in [-0.4, -0.2) is 5.67 Å². The average Bonchev–Trinajstić information content (AvgIpc) is 2.08. The number of rotatable bonds is 1. The molecular formula is C9H17F. The van der Waals surface area contributed by atoms with Crippen molar-refractivity contribution in [3.05, 3.63) is 0 Å². The second-order valence-electron chi connectivity index (χ2n) is 4.02. The van der Waals surface area contributed by atoms with E-state index in [0.717, 1.165) is 19.3 Å². The van der Waals surface area contributed by atoms with Gasteiger partial charge in [-0.3, -0.25) is 0 Å². The number of alkyl halides is 1. The van der Waals surface area contributed by atoms with Gasteiger partial charge in [-0.25, -0.2) is 4.39 Å². The van der Waals surface area contributed by atoms with E-state index in [4.69, 9.17) is 0 Å². The second kappa shape index (κ2) is 2.52. The molecule has 0 spiro atoms. The van der Waals surface area contributed by atoms with E-state index in [1.807, 2.05) is 0 Å². The van der Waals surface area contributed by atoms with Gasteiger partial charge in [0, 0.05) is 0 Å². The molecule has 0 aliphatic heterocycles. The smallest absolute Gasteiger partial charge is 0.111 e. The van der Waals surface area contributed by atoms with Crippen molar-refractivity contribution in [2.75, 3.05) is 0 Å². The molecule has 0 aromatic heterocycles. The lowest BCUT2D eigenvalue weighted by molar-refractivity contribution is 0.102. The molecule has 1 saturated carbocycles. The molecule has 0 radical (unpaired) electrons. The van der Waals surface area contributed by atoms with Gasteiger partial charge in [0.1, 0.15) is 5.67 Å². The van der Waals surface area contributed by atoms with E-state index in [1.54, 1.807) is 6.92 Å². The van der Waals surface area contributed by atoms with Gasteiger partial charge in [0.05, 0.1) is 0 Å². The van der Waals surface area contributed by atoms with E-state index < -0.39 is 5.67 Å². The monoisotopic (exact) mass is 144 g/mol. The number of hydrogen-bond donors (Lipinski definition) is 0. The first-order valence-corrected chi connectivity index (χ1v) is 4.23. The molecule has 0 N–H and O–H groups in total. The highest BCUT2D eigenvalue weighted by Gasteiger charge is 2.40. The van der Waals surface area contributed by atoms with E-state index in [1.165, 1.54) is 0 Å². The standard InChI is InChI=1S/C9H17F/c1-7(2)8-5-4-6-9(8,3)10/h7-8H,4-6H2,1-3H3/t8?,9-/m0/s1. The Kier molecular flexibility index (Phi) is 2.02. The van der Waals surface area contributed by atoms with E-state index in [-0.39, 0.29) is 0 Å². The third-order valence-corrected chi connectivity index (χ3v) is 2.76. The highest BCUT2D eigenvalue weighted by molar-refractivity contribution is 4.90. The second-order valence-corrected chi connectivity index (χ2v) is 4.02. The molecule has 1 fully saturated rings. The summed E-state index contributed by atoms with van der Waals surface area (Å²) in [5, 5.41) is 0. The zero-order valence-corrected chi connectivity index (χ0v) is 7.15. The quantitative estimate of drug-likeness (QED) is 0.530. The van der Waals surface area contributed by atoms with Gasteiger partial charge in [-0.2, -0.15) is 0 Å². The predicted molar refractivity (Wildman–Crippen MR) is 41.7 cm³/mol. The molecule has 2 atom stereocenters. The van der Waals surface area contributed by atoms with Crippen molar-refractivity contribution in [3.63, 3.8) is 0 Å². The Labute approximate surface area is 62.8 Å². The van der Waals surface area contributed by atoms with Crippen LogP contribution in [-0.2, 0) is 0 Å². The molecule has 0 heterocycles. The summed E-state index contributed by atoms with van der Waals surface area (Å²) in [6.45, 7) is 5.99.